The van der Waals surface area contributed by atoms with E-state index in [2.05, 4.69) is 19.2 Å². The van der Waals surface area contributed by atoms with Crippen LogP contribution in [0, 0.1) is 0 Å². The molecule has 3 N–H and O–H groups in total. The Kier molecular flexibility index (Phi) is 20.9. The molecule has 1 amide bonds. The van der Waals surface area contributed by atoms with Crippen molar-refractivity contribution in [3.8, 4) is 0 Å². The van der Waals surface area contributed by atoms with E-state index in [1.807, 2.05) is 0 Å². The second-order valence-corrected chi connectivity index (χ2v) is 9.77. The lowest BCUT2D eigenvalue weighted by molar-refractivity contribution is -0.147. The highest BCUT2D eigenvalue weighted by atomic mass is 31.2. The number of unbranched alkanes of at least 4 members (excludes halogenated alkanes) is 10. The Morgan fingerprint density at radius 1 is 0.818 bits per heavy atom. The number of carbonyl (C=O) groups is 2. The minimum absolute atomic E-state index is 0.0850. The topological polar surface area (TPSA) is 131 Å². The minimum atomic E-state index is -4.37. The number of phosphoric acid groups is 1. The van der Waals surface area contributed by atoms with Crippen LogP contribution in [0.25, 0.3) is 0 Å². The summed E-state index contributed by atoms with van der Waals surface area (Å²) in [5.41, 5.74) is 0. The molecule has 0 spiro atoms. The first-order valence-electron chi connectivity index (χ1n) is 12.5. The minimum Gasteiger partial charge on any atom is -0.463 e. The Morgan fingerprint density at radius 2 is 1.36 bits per heavy atom. The van der Waals surface area contributed by atoms with Crippen molar-refractivity contribution in [2.45, 2.75) is 110 Å². The monoisotopic (exact) mass is 495 g/mol. The number of hydrogen-bond donors (Lipinski definition) is 3. The molecule has 2 unspecified atom stereocenters. The van der Waals surface area contributed by atoms with Crippen LogP contribution >= 0.6 is 7.82 Å². The summed E-state index contributed by atoms with van der Waals surface area (Å²) in [5, 5.41) is 12.4. The molecule has 0 aromatic rings. The summed E-state index contributed by atoms with van der Waals surface area (Å²) >= 11 is 0. The van der Waals surface area contributed by atoms with Gasteiger partial charge in [-0.3, -0.25) is 18.6 Å². The van der Waals surface area contributed by atoms with Crippen molar-refractivity contribution in [1.82, 2.24) is 5.32 Å². The number of aliphatic hydroxyl groups excluding tert-OH is 1. The van der Waals surface area contributed by atoms with Crippen LogP contribution in [0.15, 0.2) is 0 Å². The standard InChI is InChI=1S/C23H46NO8P/c1-3-5-7-9-10-12-13-15-22(26)24-17-18-31-33(28,29)32-20-21(25)19-30-23(27)16-14-11-8-6-4-2/h21,25H,3-20H2,1-2H3,(H,24,26)(H,28,29). The molecule has 9 nitrogen and oxygen atoms in total. The van der Waals surface area contributed by atoms with Crippen molar-refractivity contribution in [2.24, 2.45) is 0 Å². The van der Waals surface area contributed by atoms with Crippen LogP contribution in [0.3, 0.4) is 0 Å². The fourth-order valence-corrected chi connectivity index (χ4v) is 3.84. The van der Waals surface area contributed by atoms with Gasteiger partial charge in [-0.2, -0.15) is 0 Å². The largest absolute Gasteiger partial charge is 0.472 e. The van der Waals surface area contributed by atoms with E-state index in [1.165, 1.54) is 25.7 Å². The van der Waals surface area contributed by atoms with Crippen LogP contribution in [0.5, 0.6) is 0 Å². The molecule has 0 heterocycles. The highest BCUT2D eigenvalue weighted by Crippen LogP contribution is 2.42. The third kappa shape index (κ3) is 22.6. The lowest BCUT2D eigenvalue weighted by Crippen LogP contribution is -2.27. The summed E-state index contributed by atoms with van der Waals surface area (Å²) in [7, 11) is -4.37. The van der Waals surface area contributed by atoms with Crippen molar-refractivity contribution in [1.29, 1.82) is 0 Å². The molecule has 0 aliphatic rings. The predicted molar refractivity (Wildman–Crippen MR) is 128 cm³/mol. The van der Waals surface area contributed by atoms with Crippen molar-refractivity contribution in [2.75, 3.05) is 26.4 Å². The highest BCUT2D eigenvalue weighted by molar-refractivity contribution is 7.47. The van der Waals surface area contributed by atoms with Crippen molar-refractivity contribution in [3.63, 3.8) is 0 Å². The number of amides is 1. The van der Waals surface area contributed by atoms with E-state index in [-0.39, 0.29) is 32.1 Å². The van der Waals surface area contributed by atoms with E-state index in [4.69, 9.17) is 13.8 Å². The molecule has 2 atom stereocenters. The zero-order chi connectivity index (χ0) is 24.8. The second kappa shape index (κ2) is 21.5. The maximum Gasteiger partial charge on any atom is 0.472 e. The summed E-state index contributed by atoms with van der Waals surface area (Å²) in [6, 6.07) is 0. The first-order chi connectivity index (χ1) is 15.8. The lowest BCUT2D eigenvalue weighted by Gasteiger charge is -2.15. The number of carbonyl (C=O) groups excluding carboxylic acids is 2. The average molecular weight is 496 g/mol. The Morgan fingerprint density at radius 3 is 1.97 bits per heavy atom. The van der Waals surface area contributed by atoms with E-state index >= 15 is 0 Å². The molecular weight excluding hydrogens is 449 g/mol. The smallest absolute Gasteiger partial charge is 0.463 e. The fraction of sp³-hybridized carbons (Fsp3) is 0.913. The molecule has 0 rings (SSSR count). The van der Waals surface area contributed by atoms with Gasteiger partial charge in [0.05, 0.1) is 13.2 Å². The zero-order valence-corrected chi connectivity index (χ0v) is 21.5. The Hall–Kier alpha value is -0.990. The molecular formula is C23H46NO8P. The normalized spacial score (nSPS) is 13.9. The van der Waals surface area contributed by atoms with Gasteiger partial charge in [0.1, 0.15) is 12.7 Å². The molecule has 0 bridgehead atoms. The Balaban J connectivity index is 3.73. The molecule has 0 saturated heterocycles. The number of aliphatic hydroxyl groups is 1. The van der Waals surface area contributed by atoms with Crippen molar-refractivity contribution < 1.29 is 37.9 Å². The van der Waals surface area contributed by atoms with Gasteiger partial charge in [0, 0.05) is 19.4 Å². The zero-order valence-electron chi connectivity index (χ0n) is 20.6. The Bertz CT molecular complexity index is 547. The molecule has 0 saturated carbocycles. The third-order valence-electron chi connectivity index (χ3n) is 5.04. The molecule has 196 valence electrons. The van der Waals surface area contributed by atoms with Crippen LogP contribution in [0.1, 0.15) is 104 Å². The summed E-state index contributed by atoms with van der Waals surface area (Å²) in [4.78, 5) is 33.0. The number of rotatable bonds is 23. The average Bonchev–Trinajstić information content (AvgIpc) is 2.78. The molecule has 0 fully saturated rings. The van der Waals surface area contributed by atoms with Crippen LogP contribution in [-0.2, 0) is 27.9 Å². The third-order valence-corrected chi connectivity index (χ3v) is 6.02. The first kappa shape index (κ1) is 32.0. The number of nitrogens with one attached hydrogen (secondary N) is 1. The van der Waals surface area contributed by atoms with Crippen molar-refractivity contribution in [3.05, 3.63) is 0 Å². The number of ether oxygens (including phenoxy) is 1. The SMILES string of the molecule is CCCCCCCCCC(=O)NCCOP(=O)(O)OCC(O)COC(=O)CCCCCCC. The number of phosphoric ester groups is 1. The molecule has 0 aliphatic carbocycles. The quantitative estimate of drug-likeness (QED) is 0.106. The lowest BCUT2D eigenvalue weighted by atomic mass is 10.1. The summed E-state index contributed by atoms with van der Waals surface area (Å²) in [5.74, 6) is -0.537. The molecule has 0 aromatic heterocycles. The van der Waals surface area contributed by atoms with Gasteiger partial charge in [0.15, 0.2) is 0 Å². The van der Waals surface area contributed by atoms with Crippen molar-refractivity contribution >= 4 is 19.7 Å². The van der Waals surface area contributed by atoms with E-state index in [1.54, 1.807) is 0 Å². The highest BCUT2D eigenvalue weighted by Gasteiger charge is 2.23. The van der Waals surface area contributed by atoms with Gasteiger partial charge < -0.3 is 20.1 Å². The van der Waals surface area contributed by atoms with Crippen LogP contribution in [0.2, 0.25) is 0 Å². The second-order valence-electron chi connectivity index (χ2n) is 8.32. The fourth-order valence-electron chi connectivity index (χ4n) is 3.08. The molecule has 33 heavy (non-hydrogen) atoms. The van der Waals surface area contributed by atoms with Gasteiger partial charge in [0.25, 0.3) is 0 Å². The van der Waals surface area contributed by atoms with Gasteiger partial charge in [0.2, 0.25) is 5.91 Å². The predicted octanol–water partition coefficient (Wildman–Crippen LogP) is 4.64. The number of esters is 1. The first-order valence-corrected chi connectivity index (χ1v) is 14.0. The molecule has 0 radical (unpaired) electrons. The van der Waals surface area contributed by atoms with E-state index in [0.29, 0.717) is 6.42 Å². The maximum atomic E-state index is 11.8. The van der Waals surface area contributed by atoms with E-state index in [0.717, 1.165) is 51.4 Å². The van der Waals surface area contributed by atoms with Gasteiger partial charge in [-0.1, -0.05) is 78.1 Å². The van der Waals surface area contributed by atoms with Crippen LogP contribution in [0.4, 0.5) is 0 Å². The summed E-state index contributed by atoms with van der Waals surface area (Å²) in [6.07, 6.45) is 12.4. The molecule has 10 heteroatoms. The van der Waals surface area contributed by atoms with Crippen LogP contribution in [-0.4, -0.2) is 54.3 Å². The summed E-state index contributed by atoms with van der Waals surface area (Å²) in [6.45, 7) is 3.35. The maximum absolute atomic E-state index is 11.8. The Labute approximate surface area is 199 Å². The van der Waals surface area contributed by atoms with Gasteiger partial charge in [-0.05, 0) is 12.8 Å². The van der Waals surface area contributed by atoms with Gasteiger partial charge in [-0.25, -0.2) is 4.57 Å². The number of hydrogen-bond acceptors (Lipinski definition) is 7. The van der Waals surface area contributed by atoms with E-state index < -0.39 is 26.5 Å². The van der Waals surface area contributed by atoms with Gasteiger partial charge in [-0.15, -0.1) is 0 Å². The van der Waals surface area contributed by atoms with Gasteiger partial charge >= 0.3 is 13.8 Å². The van der Waals surface area contributed by atoms with Crippen LogP contribution < -0.4 is 5.32 Å². The summed E-state index contributed by atoms with van der Waals surface area (Å²) < 4.78 is 26.3. The molecule has 0 aliphatic heterocycles. The molecule has 0 aromatic carbocycles. The van der Waals surface area contributed by atoms with E-state index in [9.17, 15) is 24.2 Å².